The van der Waals surface area contributed by atoms with Gasteiger partial charge in [-0.1, -0.05) is 12.7 Å². The van der Waals surface area contributed by atoms with E-state index < -0.39 is 0 Å². The van der Waals surface area contributed by atoms with Gasteiger partial charge < -0.3 is 4.42 Å². The first kappa shape index (κ1) is 7.73. The number of carbonyl (C=O) groups excluding carboxylic acids is 1. The van der Waals surface area contributed by atoms with Crippen LogP contribution in [-0.4, -0.2) is 11.3 Å². The number of pyridine rings is 1. The summed E-state index contributed by atoms with van der Waals surface area (Å²) in [5.41, 5.74) is 2.17. The maximum absolute atomic E-state index is 10.4. The molecule has 0 aliphatic carbocycles. The first-order valence-electron chi connectivity index (χ1n) is 3.80. The van der Waals surface area contributed by atoms with E-state index in [4.69, 9.17) is 4.42 Å². The molecule has 2 aromatic heterocycles. The Labute approximate surface area is 74.7 Å². The van der Waals surface area contributed by atoms with Crippen LogP contribution < -0.4 is 0 Å². The fourth-order valence-corrected chi connectivity index (χ4v) is 1.12. The molecule has 3 nitrogen and oxygen atoms in total. The minimum atomic E-state index is 0.295. The van der Waals surface area contributed by atoms with Gasteiger partial charge in [-0.15, -0.1) is 0 Å². The molecule has 3 heteroatoms. The standard InChI is InChI=1S/C10H7NO2/c1-2-7-3-10-9(11-5-7)4-8(6-12)13-10/h2-6H,1H2. The van der Waals surface area contributed by atoms with E-state index in [-0.39, 0.29) is 0 Å². The average molecular weight is 173 g/mol. The molecule has 0 amide bonds. The van der Waals surface area contributed by atoms with Gasteiger partial charge in [-0.25, -0.2) is 0 Å². The third-order valence-electron chi connectivity index (χ3n) is 1.76. The van der Waals surface area contributed by atoms with Crippen molar-refractivity contribution in [3.63, 3.8) is 0 Å². The van der Waals surface area contributed by atoms with Crippen LogP contribution in [-0.2, 0) is 0 Å². The molecule has 0 N–H and O–H groups in total. The quantitative estimate of drug-likeness (QED) is 0.654. The van der Waals surface area contributed by atoms with Crippen molar-refractivity contribution in [2.75, 3.05) is 0 Å². The third kappa shape index (κ3) is 1.24. The van der Waals surface area contributed by atoms with Crippen LogP contribution in [0.25, 0.3) is 17.2 Å². The highest BCUT2D eigenvalue weighted by Crippen LogP contribution is 2.17. The number of aromatic nitrogens is 1. The number of rotatable bonds is 2. The second-order valence-electron chi connectivity index (χ2n) is 2.62. The lowest BCUT2D eigenvalue weighted by Gasteiger charge is -1.89. The number of hydrogen-bond acceptors (Lipinski definition) is 3. The highest BCUT2D eigenvalue weighted by molar-refractivity contribution is 5.83. The van der Waals surface area contributed by atoms with Gasteiger partial charge in [-0.05, 0) is 11.6 Å². The summed E-state index contributed by atoms with van der Waals surface area (Å²) in [5, 5.41) is 0. The van der Waals surface area contributed by atoms with Gasteiger partial charge >= 0.3 is 0 Å². The maximum Gasteiger partial charge on any atom is 0.185 e. The van der Waals surface area contributed by atoms with Crippen LogP contribution in [0.4, 0.5) is 0 Å². The Hall–Kier alpha value is -1.90. The average Bonchev–Trinajstić information content (AvgIpc) is 2.58. The van der Waals surface area contributed by atoms with Crippen LogP contribution in [0.5, 0.6) is 0 Å². The van der Waals surface area contributed by atoms with Crippen molar-refractivity contribution in [3.8, 4) is 0 Å². The number of hydrogen-bond donors (Lipinski definition) is 0. The predicted octanol–water partition coefficient (Wildman–Crippen LogP) is 2.28. The van der Waals surface area contributed by atoms with Crippen LogP contribution >= 0.6 is 0 Å². The first-order valence-corrected chi connectivity index (χ1v) is 3.80. The van der Waals surface area contributed by atoms with Crippen LogP contribution in [0, 0.1) is 0 Å². The molecule has 64 valence electrons. The topological polar surface area (TPSA) is 43.1 Å². The van der Waals surface area contributed by atoms with Crippen molar-refractivity contribution in [1.29, 1.82) is 0 Å². The number of furan rings is 1. The van der Waals surface area contributed by atoms with Gasteiger partial charge in [0.2, 0.25) is 0 Å². The summed E-state index contributed by atoms with van der Waals surface area (Å²) in [4.78, 5) is 14.5. The monoisotopic (exact) mass is 173 g/mol. The Morgan fingerprint density at radius 1 is 1.46 bits per heavy atom. The normalized spacial score (nSPS) is 10.2. The van der Waals surface area contributed by atoms with Crippen LogP contribution in [0.3, 0.4) is 0 Å². The van der Waals surface area contributed by atoms with Crippen LogP contribution in [0.15, 0.2) is 29.3 Å². The molecule has 0 aliphatic rings. The molecule has 0 saturated heterocycles. The summed E-state index contributed by atoms with van der Waals surface area (Å²) in [6, 6.07) is 3.40. The summed E-state index contributed by atoms with van der Waals surface area (Å²) in [7, 11) is 0. The highest BCUT2D eigenvalue weighted by Gasteiger charge is 2.03. The first-order chi connectivity index (χ1) is 6.33. The fourth-order valence-electron chi connectivity index (χ4n) is 1.12. The van der Waals surface area contributed by atoms with Crippen molar-refractivity contribution >= 4 is 23.5 Å². The SMILES string of the molecule is C=Cc1cnc2cc(C=O)oc2c1. The zero-order chi connectivity index (χ0) is 9.26. The summed E-state index contributed by atoms with van der Waals surface area (Å²) < 4.78 is 5.18. The second kappa shape index (κ2) is 2.86. The number of aldehydes is 1. The van der Waals surface area contributed by atoms with E-state index >= 15 is 0 Å². The molecule has 0 bridgehead atoms. The molecular weight excluding hydrogens is 166 g/mol. The van der Waals surface area contributed by atoms with Crippen molar-refractivity contribution in [3.05, 3.63) is 36.2 Å². The molecule has 2 heterocycles. The third-order valence-corrected chi connectivity index (χ3v) is 1.76. The van der Waals surface area contributed by atoms with Gasteiger partial charge in [-0.2, -0.15) is 0 Å². The summed E-state index contributed by atoms with van der Waals surface area (Å²) in [5.74, 6) is 0.295. The lowest BCUT2D eigenvalue weighted by Crippen LogP contribution is -1.75. The molecule has 0 atom stereocenters. The van der Waals surface area contributed by atoms with Crippen LogP contribution in [0.2, 0.25) is 0 Å². The van der Waals surface area contributed by atoms with Gasteiger partial charge in [0, 0.05) is 12.3 Å². The van der Waals surface area contributed by atoms with E-state index in [0.29, 0.717) is 23.1 Å². The minimum absolute atomic E-state index is 0.295. The second-order valence-corrected chi connectivity index (χ2v) is 2.62. The molecule has 0 spiro atoms. The maximum atomic E-state index is 10.4. The smallest absolute Gasteiger partial charge is 0.185 e. The van der Waals surface area contributed by atoms with E-state index in [1.807, 2.05) is 0 Å². The molecule has 0 radical (unpaired) electrons. The van der Waals surface area contributed by atoms with Crippen molar-refractivity contribution < 1.29 is 9.21 Å². The zero-order valence-electron chi connectivity index (χ0n) is 6.86. The van der Waals surface area contributed by atoms with Crippen molar-refractivity contribution in [1.82, 2.24) is 4.98 Å². The van der Waals surface area contributed by atoms with E-state index in [9.17, 15) is 4.79 Å². The van der Waals surface area contributed by atoms with Gasteiger partial charge in [0.25, 0.3) is 0 Å². The van der Waals surface area contributed by atoms with E-state index in [0.717, 1.165) is 5.56 Å². The van der Waals surface area contributed by atoms with Gasteiger partial charge in [0.1, 0.15) is 5.52 Å². The molecule has 2 rings (SSSR count). The number of nitrogens with zero attached hydrogens (tertiary/aromatic N) is 1. The molecule has 0 aliphatic heterocycles. The lowest BCUT2D eigenvalue weighted by molar-refractivity contribution is 0.110. The predicted molar refractivity (Wildman–Crippen MR) is 49.5 cm³/mol. The van der Waals surface area contributed by atoms with E-state index in [1.165, 1.54) is 0 Å². The highest BCUT2D eigenvalue weighted by atomic mass is 16.3. The molecule has 0 aromatic carbocycles. The van der Waals surface area contributed by atoms with Crippen LogP contribution in [0.1, 0.15) is 16.1 Å². The Balaban J connectivity index is 2.69. The van der Waals surface area contributed by atoms with Gasteiger partial charge in [0.15, 0.2) is 17.6 Å². The number of carbonyl (C=O) groups is 1. The molecule has 2 aromatic rings. The zero-order valence-corrected chi connectivity index (χ0v) is 6.86. The van der Waals surface area contributed by atoms with E-state index in [2.05, 4.69) is 11.6 Å². The van der Waals surface area contributed by atoms with Crippen molar-refractivity contribution in [2.24, 2.45) is 0 Å². The molecule has 0 saturated carbocycles. The number of fused-ring (bicyclic) bond motifs is 1. The molecule has 13 heavy (non-hydrogen) atoms. The summed E-state index contributed by atoms with van der Waals surface area (Å²) >= 11 is 0. The van der Waals surface area contributed by atoms with Gasteiger partial charge in [-0.3, -0.25) is 9.78 Å². The summed E-state index contributed by atoms with van der Waals surface area (Å²) in [6.07, 6.45) is 4.02. The molecule has 0 unspecified atom stereocenters. The Kier molecular flexibility index (Phi) is 1.70. The molecular formula is C10H7NO2. The largest absolute Gasteiger partial charge is 0.452 e. The Morgan fingerprint density at radius 2 is 2.31 bits per heavy atom. The Bertz CT molecular complexity index is 465. The van der Waals surface area contributed by atoms with Crippen molar-refractivity contribution in [2.45, 2.75) is 0 Å². The fraction of sp³-hybridized carbons (Fsp3) is 0. The molecule has 0 fully saturated rings. The van der Waals surface area contributed by atoms with E-state index in [1.54, 1.807) is 24.4 Å². The van der Waals surface area contributed by atoms with Gasteiger partial charge in [0.05, 0.1) is 0 Å². The lowest BCUT2D eigenvalue weighted by atomic mass is 10.2. The minimum Gasteiger partial charge on any atom is -0.452 e. The Morgan fingerprint density at radius 3 is 3.00 bits per heavy atom. The summed E-state index contributed by atoms with van der Waals surface area (Å²) in [6.45, 7) is 3.61.